The largest absolute Gasteiger partial charge is 0.465 e. The predicted molar refractivity (Wildman–Crippen MR) is 82.8 cm³/mol. The van der Waals surface area contributed by atoms with Gasteiger partial charge >= 0.3 is 6.09 Å². The lowest BCUT2D eigenvalue weighted by molar-refractivity contribution is -0.114. The molecule has 0 radical (unpaired) electrons. The number of nitrogens with zero attached hydrogens (tertiary/aromatic N) is 1. The van der Waals surface area contributed by atoms with Gasteiger partial charge in [0.25, 0.3) is 0 Å². The van der Waals surface area contributed by atoms with E-state index in [-0.39, 0.29) is 11.8 Å². The molecule has 1 unspecified atom stereocenters. The first-order valence-corrected chi connectivity index (χ1v) is 7.48. The lowest BCUT2D eigenvalue weighted by Crippen LogP contribution is -2.40. The van der Waals surface area contributed by atoms with Crippen molar-refractivity contribution in [2.45, 2.75) is 32.3 Å². The number of likely N-dealkylation sites (tertiary alicyclic amines) is 1. The van der Waals surface area contributed by atoms with Crippen LogP contribution in [0.2, 0.25) is 0 Å². The molecule has 0 saturated carbocycles. The minimum Gasteiger partial charge on any atom is -0.465 e. The third-order valence-corrected chi connectivity index (χ3v) is 4.07. The maximum atomic E-state index is 11.0. The van der Waals surface area contributed by atoms with Crippen LogP contribution in [0.5, 0.6) is 0 Å². The second-order valence-corrected chi connectivity index (χ2v) is 5.76. The van der Waals surface area contributed by atoms with Crippen LogP contribution in [0.25, 0.3) is 0 Å². The number of hydrogen-bond donors (Lipinski definition) is 3. The Bertz CT molecular complexity index is 521. The van der Waals surface area contributed by atoms with E-state index in [1.165, 1.54) is 11.8 Å². The fraction of sp³-hybridized carbons (Fsp3) is 0.500. The topological polar surface area (TPSA) is 89.9 Å². The average molecular weight is 306 g/mol. The Morgan fingerprint density at radius 2 is 1.86 bits per heavy atom. The molecular weight excluding hydrogens is 284 g/mol. The number of carbonyl (C=O) groups excluding carboxylic acids is 1. The zero-order chi connectivity index (χ0) is 16.1. The smallest absolute Gasteiger partial charge is 0.407 e. The summed E-state index contributed by atoms with van der Waals surface area (Å²) in [4.78, 5) is 23.2. The predicted octanol–water partition coefficient (Wildman–Crippen LogP) is 1.94. The van der Waals surface area contributed by atoms with Gasteiger partial charge in [-0.1, -0.05) is 12.1 Å². The normalized spacial score (nSPS) is 17.1. The summed E-state index contributed by atoms with van der Waals surface area (Å²) in [5.74, 6) is 0.0172. The summed E-state index contributed by atoms with van der Waals surface area (Å²) in [6.07, 6.45) is 0.566. The van der Waals surface area contributed by atoms with Crippen molar-refractivity contribution in [3.8, 4) is 0 Å². The van der Waals surface area contributed by atoms with Crippen LogP contribution < -0.4 is 5.32 Å². The second-order valence-electron chi connectivity index (χ2n) is 5.76. The first-order valence-electron chi connectivity index (χ1n) is 7.48. The van der Waals surface area contributed by atoms with E-state index in [0.29, 0.717) is 32.4 Å². The minimum absolute atomic E-state index is 0.113. The van der Waals surface area contributed by atoms with Crippen molar-refractivity contribution >= 4 is 17.7 Å². The van der Waals surface area contributed by atoms with Crippen LogP contribution in [0.4, 0.5) is 10.5 Å². The monoisotopic (exact) mass is 306 g/mol. The summed E-state index contributed by atoms with van der Waals surface area (Å²) in [5.41, 5.74) is 1.74. The summed E-state index contributed by atoms with van der Waals surface area (Å²) in [7, 11) is 0. The fourth-order valence-electron chi connectivity index (χ4n) is 2.81. The fourth-order valence-corrected chi connectivity index (χ4v) is 2.81. The number of rotatable bonds is 4. The molecule has 1 atom stereocenters. The second kappa shape index (κ2) is 7.26. The molecule has 0 bridgehead atoms. The van der Waals surface area contributed by atoms with Crippen molar-refractivity contribution in [2.75, 3.05) is 18.4 Å². The highest BCUT2D eigenvalue weighted by molar-refractivity contribution is 5.88. The van der Waals surface area contributed by atoms with Crippen LogP contribution in [0, 0.1) is 5.92 Å². The SMILES string of the molecule is CC(=O)Nc1ccc(CC(O)C2CCN(C(=O)O)CC2)cc1. The van der Waals surface area contributed by atoms with E-state index in [4.69, 9.17) is 5.11 Å². The van der Waals surface area contributed by atoms with Crippen molar-refractivity contribution in [1.82, 2.24) is 4.90 Å². The van der Waals surface area contributed by atoms with Crippen LogP contribution in [-0.4, -0.2) is 46.3 Å². The first kappa shape index (κ1) is 16.3. The molecule has 0 aromatic heterocycles. The molecule has 3 N–H and O–H groups in total. The molecule has 2 rings (SSSR count). The number of carboxylic acid groups (broad SMARTS) is 1. The number of aliphatic hydroxyl groups is 1. The number of amides is 2. The molecule has 1 fully saturated rings. The molecule has 1 aliphatic rings. The lowest BCUT2D eigenvalue weighted by atomic mass is 9.88. The van der Waals surface area contributed by atoms with Gasteiger partial charge in [0.1, 0.15) is 0 Å². The van der Waals surface area contributed by atoms with Crippen LogP contribution in [-0.2, 0) is 11.2 Å². The number of hydrogen-bond acceptors (Lipinski definition) is 3. The molecule has 1 saturated heterocycles. The number of piperidine rings is 1. The third-order valence-electron chi connectivity index (χ3n) is 4.07. The van der Waals surface area contributed by atoms with E-state index in [2.05, 4.69) is 5.32 Å². The van der Waals surface area contributed by atoms with Gasteiger partial charge in [0.2, 0.25) is 5.91 Å². The van der Waals surface area contributed by atoms with Gasteiger partial charge in [-0.3, -0.25) is 4.79 Å². The number of benzene rings is 1. The molecule has 22 heavy (non-hydrogen) atoms. The van der Waals surface area contributed by atoms with Crippen LogP contribution in [0.1, 0.15) is 25.3 Å². The van der Waals surface area contributed by atoms with E-state index < -0.39 is 12.2 Å². The molecule has 1 aliphatic heterocycles. The molecule has 0 spiro atoms. The molecule has 1 heterocycles. The Morgan fingerprint density at radius 1 is 1.27 bits per heavy atom. The van der Waals surface area contributed by atoms with Gasteiger partial charge in [-0.05, 0) is 42.9 Å². The van der Waals surface area contributed by atoms with Crippen LogP contribution in [0.15, 0.2) is 24.3 Å². The summed E-state index contributed by atoms with van der Waals surface area (Å²) in [5, 5.41) is 22.0. The molecule has 2 amide bonds. The molecule has 6 heteroatoms. The van der Waals surface area contributed by atoms with Gasteiger partial charge in [0, 0.05) is 25.7 Å². The highest BCUT2D eigenvalue weighted by Crippen LogP contribution is 2.23. The zero-order valence-electron chi connectivity index (χ0n) is 12.7. The zero-order valence-corrected chi connectivity index (χ0v) is 12.7. The maximum Gasteiger partial charge on any atom is 0.407 e. The van der Waals surface area contributed by atoms with Gasteiger partial charge in [-0.15, -0.1) is 0 Å². The highest BCUT2D eigenvalue weighted by atomic mass is 16.4. The minimum atomic E-state index is -0.888. The van der Waals surface area contributed by atoms with E-state index in [1.54, 1.807) is 0 Å². The van der Waals surface area contributed by atoms with Gasteiger partial charge in [0.05, 0.1) is 6.10 Å². The summed E-state index contributed by atoms with van der Waals surface area (Å²) in [6, 6.07) is 7.41. The molecule has 0 aliphatic carbocycles. The number of nitrogens with one attached hydrogen (secondary N) is 1. The van der Waals surface area contributed by atoms with Crippen LogP contribution in [0.3, 0.4) is 0 Å². The third kappa shape index (κ3) is 4.46. The summed E-state index contributed by atoms with van der Waals surface area (Å²) < 4.78 is 0. The van der Waals surface area contributed by atoms with Gasteiger partial charge in [-0.25, -0.2) is 4.79 Å². The highest BCUT2D eigenvalue weighted by Gasteiger charge is 2.27. The van der Waals surface area contributed by atoms with Crippen LogP contribution >= 0.6 is 0 Å². The average Bonchev–Trinajstić information content (AvgIpc) is 2.49. The first-order chi connectivity index (χ1) is 10.5. The maximum absolute atomic E-state index is 11.0. The molecule has 6 nitrogen and oxygen atoms in total. The van der Waals surface area contributed by atoms with Gasteiger partial charge in [0.15, 0.2) is 0 Å². The molecule has 1 aromatic carbocycles. The molecular formula is C16H22N2O4. The van der Waals surface area contributed by atoms with Gasteiger partial charge in [-0.2, -0.15) is 0 Å². The Labute approximate surface area is 129 Å². The van der Waals surface area contributed by atoms with Crippen molar-refractivity contribution in [2.24, 2.45) is 5.92 Å². The lowest BCUT2D eigenvalue weighted by Gasteiger charge is -2.32. The van der Waals surface area contributed by atoms with Crippen molar-refractivity contribution in [3.05, 3.63) is 29.8 Å². The molecule has 120 valence electrons. The van der Waals surface area contributed by atoms with Crippen molar-refractivity contribution < 1.29 is 19.8 Å². The Balaban J connectivity index is 1.85. The standard InChI is InChI=1S/C16H22N2O4/c1-11(19)17-14-4-2-12(3-5-14)10-15(20)13-6-8-18(9-7-13)16(21)22/h2-5,13,15,20H,6-10H2,1H3,(H,17,19)(H,21,22). The van der Waals surface area contributed by atoms with E-state index in [0.717, 1.165) is 11.3 Å². The summed E-state index contributed by atoms with van der Waals surface area (Å²) >= 11 is 0. The summed E-state index contributed by atoms with van der Waals surface area (Å²) in [6.45, 7) is 2.43. The van der Waals surface area contributed by atoms with E-state index in [1.807, 2.05) is 24.3 Å². The van der Waals surface area contributed by atoms with E-state index >= 15 is 0 Å². The number of anilines is 1. The molecule has 1 aromatic rings. The Kier molecular flexibility index (Phi) is 5.38. The quantitative estimate of drug-likeness (QED) is 0.793. The number of aliphatic hydroxyl groups excluding tert-OH is 1. The number of carbonyl (C=O) groups is 2. The van der Waals surface area contributed by atoms with Crippen molar-refractivity contribution in [1.29, 1.82) is 0 Å². The van der Waals surface area contributed by atoms with E-state index in [9.17, 15) is 14.7 Å². The Morgan fingerprint density at radius 3 is 2.36 bits per heavy atom. The van der Waals surface area contributed by atoms with Gasteiger partial charge < -0.3 is 20.4 Å². The Hall–Kier alpha value is -2.08. The van der Waals surface area contributed by atoms with Crippen molar-refractivity contribution in [3.63, 3.8) is 0 Å².